The largest absolute Gasteiger partial charge is 0.368 e. The Kier molecular flexibility index (Phi) is 2.87. The zero-order chi connectivity index (χ0) is 10.8. The predicted octanol–water partition coefficient (Wildman–Crippen LogP) is -1.09. The number of thioether (sulfide) groups is 1. The SMILES string of the molecule is NC(=O)C(N)CSc1nnnn1C1CC1. The minimum atomic E-state index is -0.653. The van der Waals surface area contributed by atoms with E-state index in [2.05, 4.69) is 15.5 Å². The van der Waals surface area contributed by atoms with Gasteiger partial charge in [-0.2, -0.15) is 0 Å². The van der Waals surface area contributed by atoms with Crippen molar-refractivity contribution in [2.24, 2.45) is 11.5 Å². The Bertz CT molecular complexity index is 362. The number of aromatic nitrogens is 4. The molecule has 0 radical (unpaired) electrons. The molecule has 0 spiro atoms. The molecule has 82 valence electrons. The summed E-state index contributed by atoms with van der Waals surface area (Å²) in [5.74, 6) is -0.101. The van der Waals surface area contributed by atoms with Gasteiger partial charge in [0.05, 0.1) is 12.1 Å². The molecule has 8 heteroatoms. The van der Waals surface area contributed by atoms with Crippen LogP contribution >= 0.6 is 11.8 Å². The van der Waals surface area contributed by atoms with Crippen molar-refractivity contribution in [2.75, 3.05) is 5.75 Å². The fraction of sp³-hybridized carbons (Fsp3) is 0.714. The Labute approximate surface area is 90.6 Å². The van der Waals surface area contributed by atoms with E-state index in [0.29, 0.717) is 17.0 Å². The molecule has 0 aliphatic heterocycles. The highest BCUT2D eigenvalue weighted by molar-refractivity contribution is 7.99. The first-order valence-electron chi connectivity index (χ1n) is 4.64. The molecule has 1 unspecified atom stereocenters. The monoisotopic (exact) mass is 228 g/mol. The maximum Gasteiger partial charge on any atom is 0.235 e. The third-order valence-corrected chi connectivity index (χ3v) is 3.17. The van der Waals surface area contributed by atoms with E-state index in [-0.39, 0.29) is 0 Å². The van der Waals surface area contributed by atoms with E-state index in [1.807, 2.05) is 0 Å². The first-order chi connectivity index (χ1) is 7.18. The molecule has 1 aromatic heterocycles. The minimum absolute atomic E-state index is 0.405. The molecule has 0 aromatic carbocycles. The van der Waals surface area contributed by atoms with Gasteiger partial charge in [0.2, 0.25) is 11.1 Å². The van der Waals surface area contributed by atoms with Gasteiger partial charge in [0, 0.05) is 5.75 Å². The van der Waals surface area contributed by atoms with Gasteiger partial charge >= 0.3 is 0 Å². The van der Waals surface area contributed by atoms with Crippen LogP contribution in [0.1, 0.15) is 18.9 Å². The third-order valence-electron chi connectivity index (χ3n) is 2.11. The zero-order valence-electron chi connectivity index (χ0n) is 8.04. The molecule has 1 saturated carbocycles. The van der Waals surface area contributed by atoms with Crippen molar-refractivity contribution in [3.63, 3.8) is 0 Å². The highest BCUT2D eigenvalue weighted by Crippen LogP contribution is 2.36. The van der Waals surface area contributed by atoms with Crippen LogP contribution in [0.25, 0.3) is 0 Å². The van der Waals surface area contributed by atoms with Gasteiger partial charge in [0.25, 0.3) is 0 Å². The summed E-state index contributed by atoms with van der Waals surface area (Å²) < 4.78 is 1.78. The van der Waals surface area contributed by atoms with Gasteiger partial charge in [-0.25, -0.2) is 4.68 Å². The Hall–Kier alpha value is -1.15. The van der Waals surface area contributed by atoms with Crippen LogP contribution in [0.5, 0.6) is 0 Å². The van der Waals surface area contributed by atoms with Crippen LogP contribution in [0.3, 0.4) is 0 Å². The minimum Gasteiger partial charge on any atom is -0.368 e. The van der Waals surface area contributed by atoms with Crippen molar-refractivity contribution in [1.29, 1.82) is 0 Å². The highest BCUT2D eigenvalue weighted by atomic mass is 32.2. The van der Waals surface area contributed by atoms with Crippen LogP contribution in [-0.4, -0.2) is 37.9 Å². The molecule has 1 aliphatic rings. The fourth-order valence-electron chi connectivity index (χ4n) is 1.08. The van der Waals surface area contributed by atoms with E-state index in [4.69, 9.17) is 11.5 Å². The second-order valence-electron chi connectivity index (χ2n) is 3.46. The molecule has 1 atom stereocenters. The number of hydrogen-bond donors (Lipinski definition) is 2. The standard InChI is InChI=1S/C7H12N6OS/c8-5(6(9)14)3-15-7-10-11-12-13(7)4-1-2-4/h4-5H,1-3,8H2,(H2,9,14). The van der Waals surface area contributed by atoms with Gasteiger partial charge in [-0.15, -0.1) is 5.10 Å². The lowest BCUT2D eigenvalue weighted by Crippen LogP contribution is -2.38. The van der Waals surface area contributed by atoms with Gasteiger partial charge < -0.3 is 11.5 Å². The van der Waals surface area contributed by atoms with Crippen LogP contribution in [0.2, 0.25) is 0 Å². The van der Waals surface area contributed by atoms with E-state index in [9.17, 15) is 4.79 Å². The summed E-state index contributed by atoms with van der Waals surface area (Å²) in [6.45, 7) is 0. The number of nitrogens with zero attached hydrogens (tertiary/aromatic N) is 4. The summed E-state index contributed by atoms with van der Waals surface area (Å²) in [5, 5.41) is 12.0. The maximum atomic E-state index is 10.7. The summed E-state index contributed by atoms with van der Waals surface area (Å²) in [4.78, 5) is 10.7. The lowest BCUT2D eigenvalue weighted by atomic mass is 10.3. The maximum absolute atomic E-state index is 10.7. The van der Waals surface area contributed by atoms with Gasteiger partial charge in [-0.3, -0.25) is 4.79 Å². The first-order valence-corrected chi connectivity index (χ1v) is 5.62. The molecule has 1 heterocycles. The summed E-state index contributed by atoms with van der Waals surface area (Å²) >= 11 is 1.36. The lowest BCUT2D eigenvalue weighted by molar-refractivity contribution is -0.118. The third kappa shape index (κ3) is 2.45. The molecule has 1 aliphatic carbocycles. The zero-order valence-corrected chi connectivity index (χ0v) is 8.85. The number of hydrogen-bond acceptors (Lipinski definition) is 6. The molecule has 1 aromatic rings. The van der Waals surface area contributed by atoms with Crippen molar-refractivity contribution in [3.8, 4) is 0 Å². The number of primary amides is 1. The Balaban J connectivity index is 1.92. The second kappa shape index (κ2) is 4.15. The normalized spacial score (nSPS) is 17.7. The van der Waals surface area contributed by atoms with E-state index < -0.39 is 11.9 Å². The highest BCUT2D eigenvalue weighted by Gasteiger charge is 2.28. The molecule has 2 rings (SSSR count). The van der Waals surface area contributed by atoms with Crippen molar-refractivity contribution in [3.05, 3.63) is 0 Å². The van der Waals surface area contributed by atoms with E-state index in [1.54, 1.807) is 4.68 Å². The molecule has 15 heavy (non-hydrogen) atoms. The topological polar surface area (TPSA) is 113 Å². The van der Waals surface area contributed by atoms with Crippen LogP contribution in [0.15, 0.2) is 5.16 Å². The smallest absolute Gasteiger partial charge is 0.235 e. The van der Waals surface area contributed by atoms with Gasteiger partial charge in [-0.05, 0) is 23.3 Å². The van der Waals surface area contributed by atoms with E-state index in [1.165, 1.54) is 11.8 Å². The molecule has 1 amide bonds. The van der Waals surface area contributed by atoms with Crippen LogP contribution < -0.4 is 11.5 Å². The lowest BCUT2D eigenvalue weighted by Gasteiger charge is -2.06. The quantitative estimate of drug-likeness (QED) is 0.619. The van der Waals surface area contributed by atoms with Crippen molar-refractivity contribution >= 4 is 17.7 Å². The van der Waals surface area contributed by atoms with Gasteiger partial charge in [0.1, 0.15) is 0 Å². The van der Waals surface area contributed by atoms with E-state index in [0.717, 1.165) is 12.8 Å². The number of carbonyl (C=O) groups is 1. The van der Waals surface area contributed by atoms with Gasteiger partial charge in [-0.1, -0.05) is 11.8 Å². The van der Waals surface area contributed by atoms with E-state index >= 15 is 0 Å². The molecule has 7 nitrogen and oxygen atoms in total. The van der Waals surface area contributed by atoms with Crippen molar-refractivity contribution in [2.45, 2.75) is 30.1 Å². The number of amides is 1. The molecule has 4 N–H and O–H groups in total. The summed E-state index contributed by atoms with van der Waals surface area (Å²) in [6, 6.07) is -0.230. The average molecular weight is 228 g/mol. The Morgan fingerprint density at radius 3 is 3.00 bits per heavy atom. The first kappa shape index (κ1) is 10.4. The summed E-state index contributed by atoms with van der Waals surface area (Å²) in [5.41, 5.74) is 10.6. The molecular weight excluding hydrogens is 216 g/mol. The summed E-state index contributed by atoms with van der Waals surface area (Å²) in [6.07, 6.45) is 2.22. The number of carbonyl (C=O) groups excluding carboxylic acids is 1. The van der Waals surface area contributed by atoms with Crippen LogP contribution in [0.4, 0.5) is 0 Å². The van der Waals surface area contributed by atoms with Crippen molar-refractivity contribution in [1.82, 2.24) is 20.2 Å². The molecule has 1 fully saturated rings. The van der Waals surface area contributed by atoms with Gasteiger partial charge in [0.15, 0.2) is 0 Å². The Morgan fingerprint density at radius 2 is 2.40 bits per heavy atom. The molecular formula is C7H12N6OS. The van der Waals surface area contributed by atoms with Crippen molar-refractivity contribution < 1.29 is 4.79 Å². The number of tetrazole rings is 1. The second-order valence-corrected chi connectivity index (χ2v) is 4.44. The molecule has 0 saturated heterocycles. The summed E-state index contributed by atoms with van der Waals surface area (Å²) in [7, 11) is 0. The van der Waals surface area contributed by atoms with Crippen LogP contribution in [0, 0.1) is 0 Å². The fourth-order valence-corrected chi connectivity index (χ4v) is 1.98. The van der Waals surface area contributed by atoms with Crippen LogP contribution in [-0.2, 0) is 4.79 Å². The number of nitrogens with two attached hydrogens (primary N) is 2. The molecule has 0 bridgehead atoms. The predicted molar refractivity (Wildman–Crippen MR) is 54.0 cm³/mol. The number of rotatable bonds is 5. The Morgan fingerprint density at radius 1 is 1.67 bits per heavy atom. The average Bonchev–Trinajstić information content (AvgIpc) is 2.94.